The Bertz CT molecular complexity index is 297. The van der Waals surface area contributed by atoms with Crippen molar-refractivity contribution >= 4 is 0 Å². The van der Waals surface area contributed by atoms with Gasteiger partial charge in [0.1, 0.15) is 0 Å². The Morgan fingerprint density at radius 3 is 3.21 bits per heavy atom. The molecule has 2 N–H and O–H groups in total. The maximum atomic E-state index is 5.75. The normalized spacial score (nSPS) is 27.9. The van der Waals surface area contributed by atoms with Gasteiger partial charge in [0, 0.05) is 31.3 Å². The third kappa shape index (κ3) is 1.81. The zero-order chi connectivity index (χ0) is 9.97. The van der Waals surface area contributed by atoms with Crippen molar-refractivity contribution in [3.63, 3.8) is 0 Å². The molecule has 2 rings (SSSR count). The molecule has 1 aliphatic heterocycles. The van der Waals surface area contributed by atoms with Gasteiger partial charge in [0.2, 0.25) is 0 Å². The van der Waals surface area contributed by atoms with Gasteiger partial charge < -0.3 is 10.5 Å². The molecule has 4 heteroatoms. The predicted octanol–water partition coefficient (Wildman–Crippen LogP) is 0.846. The second kappa shape index (κ2) is 4.11. The first-order valence-corrected chi connectivity index (χ1v) is 5.11. The van der Waals surface area contributed by atoms with E-state index >= 15 is 0 Å². The van der Waals surface area contributed by atoms with Gasteiger partial charge in [-0.3, -0.25) is 4.68 Å². The molecule has 1 aromatic heterocycles. The number of nitrogens with zero attached hydrogens (tertiary/aromatic N) is 2. The Labute approximate surface area is 84.0 Å². The summed E-state index contributed by atoms with van der Waals surface area (Å²) in [6, 6.07) is 0. The zero-order valence-corrected chi connectivity index (χ0v) is 8.52. The van der Waals surface area contributed by atoms with Gasteiger partial charge in [-0.15, -0.1) is 0 Å². The lowest BCUT2D eigenvalue weighted by molar-refractivity contribution is -0.0252. The lowest BCUT2D eigenvalue weighted by atomic mass is 9.91. The summed E-state index contributed by atoms with van der Waals surface area (Å²) in [6.07, 6.45) is 6.33. The van der Waals surface area contributed by atoms with E-state index in [9.17, 15) is 0 Å². The molecule has 2 atom stereocenters. The summed E-state index contributed by atoms with van der Waals surface area (Å²) >= 11 is 0. The maximum absolute atomic E-state index is 5.75. The van der Waals surface area contributed by atoms with E-state index in [1.165, 1.54) is 0 Å². The van der Waals surface area contributed by atoms with Crippen LogP contribution in [0.25, 0.3) is 0 Å². The molecule has 0 radical (unpaired) electrons. The number of ether oxygens (including phenoxy) is 1. The molecule has 1 saturated heterocycles. The predicted molar refractivity (Wildman–Crippen MR) is 53.7 cm³/mol. The van der Waals surface area contributed by atoms with Gasteiger partial charge in [0.25, 0.3) is 0 Å². The molecule has 78 valence electrons. The number of aromatic nitrogens is 2. The van der Waals surface area contributed by atoms with Crippen molar-refractivity contribution in [1.82, 2.24) is 9.78 Å². The molecule has 0 spiro atoms. The van der Waals surface area contributed by atoms with E-state index in [1.54, 1.807) is 4.68 Å². The highest BCUT2D eigenvalue weighted by molar-refractivity contribution is 5.10. The third-order valence-electron chi connectivity index (χ3n) is 2.80. The van der Waals surface area contributed by atoms with Crippen LogP contribution in [0.5, 0.6) is 0 Å². The summed E-state index contributed by atoms with van der Waals surface area (Å²) in [4.78, 5) is 0. The largest absolute Gasteiger partial charge is 0.373 e. The van der Waals surface area contributed by atoms with E-state index in [0.29, 0.717) is 12.5 Å². The highest BCUT2D eigenvalue weighted by Gasteiger charge is 2.27. The number of rotatable bonds is 2. The SMILES string of the molecule is Cn1cc([C@@H]2OCCC[C@H]2CN)cn1. The summed E-state index contributed by atoms with van der Waals surface area (Å²) in [5.41, 5.74) is 6.89. The summed E-state index contributed by atoms with van der Waals surface area (Å²) in [5, 5.41) is 4.16. The average molecular weight is 195 g/mol. The van der Waals surface area contributed by atoms with Gasteiger partial charge in [0.05, 0.1) is 12.3 Å². The van der Waals surface area contributed by atoms with E-state index < -0.39 is 0 Å². The minimum atomic E-state index is 0.155. The highest BCUT2D eigenvalue weighted by atomic mass is 16.5. The molecule has 1 aliphatic rings. The number of nitrogens with two attached hydrogens (primary N) is 1. The fourth-order valence-corrected chi connectivity index (χ4v) is 2.04. The van der Waals surface area contributed by atoms with Gasteiger partial charge in [-0.05, 0) is 19.4 Å². The molecule has 1 aromatic rings. The fraction of sp³-hybridized carbons (Fsp3) is 0.700. The van der Waals surface area contributed by atoms with Gasteiger partial charge >= 0.3 is 0 Å². The van der Waals surface area contributed by atoms with Crippen LogP contribution in [0.4, 0.5) is 0 Å². The number of aryl methyl sites for hydroxylation is 1. The lowest BCUT2D eigenvalue weighted by Crippen LogP contribution is -2.28. The Kier molecular flexibility index (Phi) is 2.84. The first-order valence-electron chi connectivity index (χ1n) is 5.11. The zero-order valence-electron chi connectivity index (χ0n) is 8.52. The smallest absolute Gasteiger partial charge is 0.0895 e. The van der Waals surface area contributed by atoms with Crippen molar-refractivity contribution in [1.29, 1.82) is 0 Å². The molecule has 0 unspecified atom stereocenters. The minimum absolute atomic E-state index is 0.155. The number of hydrogen-bond acceptors (Lipinski definition) is 3. The lowest BCUT2D eigenvalue weighted by Gasteiger charge is -2.30. The first-order chi connectivity index (χ1) is 6.81. The van der Waals surface area contributed by atoms with Gasteiger partial charge in [-0.25, -0.2) is 0 Å². The molecule has 0 amide bonds. The molecule has 4 nitrogen and oxygen atoms in total. The van der Waals surface area contributed by atoms with Crippen molar-refractivity contribution in [2.75, 3.05) is 13.2 Å². The summed E-state index contributed by atoms with van der Waals surface area (Å²) in [7, 11) is 1.92. The average Bonchev–Trinajstić information content (AvgIpc) is 2.65. The molecule has 2 heterocycles. The van der Waals surface area contributed by atoms with E-state index in [0.717, 1.165) is 25.0 Å². The van der Waals surface area contributed by atoms with Gasteiger partial charge in [0.15, 0.2) is 0 Å². The Morgan fingerprint density at radius 1 is 1.71 bits per heavy atom. The molecule has 1 fully saturated rings. The van der Waals surface area contributed by atoms with Crippen LogP contribution in [-0.2, 0) is 11.8 Å². The van der Waals surface area contributed by atoms with Crippen LogP contribution >= 0.6 is 0 Å². The monoisotopic (exact) mass is 195 g/mol. The third-order valence-corrected chi connectivity index (χ3v) is 2.80. The van der Waals surface area contributed by atoms with Crippen molar-refractivity contribution in [3.8, 4) is 0 Å². The maximum Gasteiger partial charge on any atom is 0.0895 e. The van der Waals surface area contributed by atoms with E-state index in [-0.39, 0.29) is 6.10 Å². The summed E-state index contributed by atoms with van der Waals surface area (Å²) in [5.74, 6) is 0.452. The Hall–Kier alpha value is -0.870. The van der Waals surface area contributed by atoms with Crippen LogP contribution in [0.15, 0.2) is 12.4 Å². The topological polar surface area (TPSA) is 53.1 Å². The Morgan fingerprint density at radius 2 is 2.57 bits per heavy atom. The number of hydrogen-bond donors (Lipinski definition) is 1. The fourth-order valence-electron chi connectivity index (χ4n) is 2.04. The van der Waals surface area contributed by atoms with E-state index in [1.807, 2.05) is 19.4 Å². The van der Waals surface area contributed by atoms with Crippen molar-refractivity contribution in [2.45, 2.75) is 18.9 Å². The van der Waals surface area contributed by atoms with E-state index in [2.05, 4.69) is 5.10 Å². The minimum Gasteiger partial charge on any atom is -0.373 e. The van der Waals surface area contributed by atoms with Crippen LogP contribution in [0.2, 0.25) is 0 Å². The molecule has 0 aliphatic carbocycles. The standard InChI is InChI=1S/C10H17N3O/c1-13-7-9(6-12-13)10-8(5-11)3-2-4-14-10/h6-8,10H,2-5,11H2,1H3/t8-,10+/m0/s1. The molecule has 14 heavy (non-hydrogen) atoms. The van der Waals surface area contributed by atoms with Crippen LogP contribution in [0.3, 0.4) is 0 Å². The van der Waals surface area contributed by atoms with Crippen molar-refractivity contribution < 1.29 is 4.74 Å². The van der Waals surface area contributed by atoms with Crippen LogP contribution < -0.4 is 5.73 Å². The summed E-state index contributed by atoms with van der Waals surface area (Å²) in [6.45, 7) is 1.54. The van der Waals surface area contributed by atoms with Gasteiger partial charge in [-0.1, -0.05) is 0 Å². The molecule has 0 bridgehead atoms. The molecule has 0 aromatic carbocycles. The van der Waals surface area contributed by atoms with Crippen molar-refractivity contribution in [2.24, 2.45) is 18.7 Å². The van der Waals surface area contributed by atoms with E-state index in [4.69, 9.17) is 10.5 Å². The van der Waals surface area contributed by atoms with Crippen LogP contribution in [-0.4, -0.2) is 22.9 Å². The quantitative estimate of drug-likeness (QED) is 0.761. The Balaban J connectivity index is 2.14. The second-order valence-corrected chi connectivity index (χ2v) is 3.88. The van der Waals surface area contributed by atoms with Crippen molar-refractivity contribution in [3.05, 3.63) is 18.0 Å². The summed E-state index contributed by atoms with van der Waals surface area (Å²) < 4.78 is 7.55. The first kappa shape index (κ1) is 9.68. The van der Waals surface area contributed by atoms with Gasteiger partial charge in [-0.2, -0.15) is 5.10 Å². The molecule has 0 saturated carbocycles. The highest BCUT2D eigenvalue weighted by Crippen LogP contribution is 2.32. The second-order valence-electron chi connectivity index (χ2n) is 3.88. The van der Waals surface area contributed by atoms with Crippen LogP contribution in [0, 0.1) is 5.92 Å². The van der Waals surface area contributed by atoms with Crippen LogP contribution in [0.1, 0.15) is 24.5 Å². The molecular formula is C10H17N3O. The molecular weight excluding hydrogens is 178 g/mol.